The number of nitrogens with one attached hydrogen (secondary N) is 2. The molecule has 116 valence electrons. The maximum absolute atomic E-state index is 5.31. The van der Waals surface area contributed by atoms with Crippen molar-refractivity contribution in [2.75, 3.05) is 17.7 Å². The van der Waals surface area contributed by atoms with Crippen LogP contribution in [0.5, 0.6) is 5.75 Å². The second kappa shape index (κ2) is 7.22. The minimum absolute atomic E-state index is 0.466. The number of nitrogens with zero attached hydrogens (tertiary/aromatic N) is 3. The second-order valence-corrected chi connectivity index (χ2v) is 4.83. The zero-order chi connectivity index (χ0) is 15.9. The van der Waals surface area contributed by atoms with E-state index in [1.54, 1.807) is 13.3 Å². The predicted molar refractivity (Wildman–Crippen MR) is 89.9 cm³/mol. The molecule has 0 fully saturated rings. The van der Waals surface area contributed by atoms with E-state index in [4.69, 9.17) is 4.74 Å². The van der Waals surface area contributed by atoms with Gasteiger partial charge in [0.1, 0.15) is 5.75 Å². The summed E-state index contributed by atoms with van der Waals surface area (Å²) < 4.78 is 5.31. The highest BCUT2D eigenvalue weighted by molar-refractivity contribution is 5.63. The number of anilines is 3. The van der Waals surface area contributed by atoms with Crippen LogP contribution >= 0.6 is 0 Å². The molecule has 0 saturated heterocycles. The van der Waals surface area contributed by atoms with Crippen LogP contribution in [0.1, 0.15) is 5.56 Å². The van der Waals surface area contributed by atoms with Gasteiger partial charge in [-0.25, -0.2) is 0 Å². The first-order chi connectivity index (χ1) is 11.3. The van der Waals surface area contributed by atoms with E-state index in [0.29, 0.717) is 18.3 Å². The fourth-order valence-corrected chi connectivity index (χ4v) is 2.10. The van der Waals surface area contributed by atoms with Crippen LogP contribution in [-0.4, -0.2) is 22.3 Å². The average molecular weight is 307 g/mol. The quantitative estimate of drug-likeness (QED) is 0.728. The Balaban J connectivity index is 1.70. The topological polar surface area (TPSA) is 72.0 Å². The van der Waals surface area contributed by atoms with Crippen LogP contribution < -0.4 is 15.4 Å². The summed E-state index contributed by atoms with van der Waals surface area (Å²) in [5.74, 6) is 1.80. The lowest BCUT2D eigenvalue weighted by molar-refractivity contribution is 0.417. The van der Waals surface area contributed by atoms with Crippen LogP contribution in [-0.2, 0) is 6.54 Å². The molecule has 0 radical (unpaired) electrons. The largest absolute Gasteiger partial charge is 0.495 e. The van der Waals surface area contributed by atoms with Gasteiger partial charge in [-0.1, -0.05) is 42.5 Å². The van der Waals surface area contributed by atoms with Crippen LogP contribution in [0.15, 0.2) is 60.8 Å². The molecule has 0 atom stereocenters. The number of hydrogen-bond donors (Lipinski definition) is 2. The molecule has 6 heteroatoms. The molecule has 0 aliphatic heterocycles. The number of ether oxygens (including phenoxy) is 1. The summed E-state index contributed by atoms with van der Waals surface area (Å²) in [5, 5.41) is 14.3. The normalized spacial score (nSPS) is 10.1. The molecule has 23 heavy (non-hydrogen) atoms. The van der Waals surface area contributed by atoms with Gasteiger partial charge >= 0.3 is 0 Å². The minimum Gasteiger partial charge on any atom is -0.495 e. The van der Waals surface area contributed by atoms with E-state index in [-0.39, 0.29) is 0 Å². The lowest BCUT2D eigenvalue weighted by Crippen LogP contribution is -2.06. The Labute approximate surface area is 134 Å². The zero-order valence-electron chi connectivity index (χ0n) is 12.7. The van der Waals surface area contributed by atoms with Gasteiger partial charge in [0.05, 0.1) is 19.0 Å². The summed E-state index contributed by atoms with van der Waals surface area (Å²) in [5.41, 5.74) is 1.98. The van der Waals surface area contributed by atoms with Gasteiger partial charge in [0.15, 0.2) is 5.82 Å². The van der Waals surface area contributed by atoms with Crippen LogP contribution in [0.3, 0.4) is 0 Å². The molecule has 0 spiro atoms. The Hall–Kier alpha value is -3.15. The summed E-state index contributed by atoms with van der Waals surface area (Å²) in [6.07, 6.45) is 1.57. The van der Waals surface area contributed by atoms with E-state index >= 15 is 0 Å². The van der Waals surface area contributed by atoms with Gasteiger partial charge in [-0.05, 0) is 17.7 Å². The monoisotopic (exact) mass is 307 g/mol. The van der Waals surface area contributed by atoms with E-state index in [2.05, 4.69) is 25.8 Å². The van der Waals surface area contributed by atoms with Crippen molar-refractivity contribution in [2.24, 2.45) is 0 Å². The number of hydrogen-bond acceptors (Lipinski definition) is 6. The minimum atomic E-state index is 0.466. The summed E-state index contributed by atoms with van der Waals surface area (Å²) >= 11 is 0. The Bertz CT molecular complexity index is 764. The van der Waals surface area contributed by atoms with Gasteiger partial charge in [-0.15, -0.1) is 5.10 Å². The van der Waals surface area contributed by atoms with Crippen molar-refractivity contribution < 1.29 is 4.74 Å². The molecule has 1 aromatic heterocycles. The van der Waals surface area contributed by atoms with Gasteiger partial charge in [0.25, 0.3) is 0 Å². The molecule has 3 aromatic rings. The summed E-state index contributed by atoms with van der Waals surface area (Å²) in [6, 6.07) is 17.7. The van der Waals surface area contributed by atoms with Crippen molar-refractivity contribution in [1.29, 1.82) is 0 Å². The highest BCUT2D eigenvalue weighted by Crippen LogP contribution is 2.25. The highest BCUT2D eigenvalue weighted by Gasteiger charge is 2.05. The number of methoxy groups -OCH3 is 1. The third kappa shape index (κ3) is 3.94. The molecule has 3 rings (SSSR count). The maximum atomic E-state index is 5.31. The Morgan fingerprint density at radius 1 is 1.00 bits per heavy atom. The molecule has 0 bridgehead atoms. The van der Waals surface area contributed by atoms with E-state index in [1.165, 1.54) is 0 Å². The van der Waals surface area contributed by atoms with Crippen molar-refractivity contribution >= 4 is 17.5 Å². The van der Waals surface area contributed by atoms with E-state index in [0.717, 1.165) is 17.0 Å². The lowest BCUT2D eigenvalue weighted by Gasteiger charge is -2.10. The van der Waals surface area contributed by atoms with Crippen LogP contribution in [0, 0.1) is 0 Å². The zero-order valence-corrected chi connectivity index (χ0v) is 12.7. The summed E-state index contributed by atoms with van der Waals surface area (Å²) in [4.78, 5) is 4.41. The van der Waals surface area contributed by atoms with Crippen molar-refractivity contribution in [3.05, 3.63) is 66.4 Å². The van der Waals surface area contributed by atoms with Crippen molar-refractivity contribution in [1.82, 2.24) is 15.2 Å². The predicted octanol–water partition coefficient (Wildman–Crippen LogP) is 3.24. The van der Waals surface area contributed by atoms with Crippen molar-refractivity contribution in [3.8, 4) is 5.75 Å². The number of rotatable bonds is 6. The highest BCUT2D eigenvalue weighted by atomic mass is 16.5. The van der Waals surface area contributed by atoms with Gasteiger partial charge in [0, 0.05) is 6.54 Å². The van der Waals surface area contributed by atoms with E-state index in [1.807, 2.05) is 54.6 Å². The fraction of sp³-hybridized carbons (Fsp3) is 0.118. The molecule has 0 aliphatic rings. The average Bonchev–Trinajstić information content (AvgIpc) is 2.62. The molecule has 1 heterocycles. The van der Waals surface area contributed by atoms with E-state index < -0.39 is 0 Å². The molecular weight excluding hydrogens is 290 g/mol. The molecule has 0 unspecified atom stereocenters. The summed E-state index contributed by atoms with van der Waals surface area (Å²) in [7, 11) is 1.63. The standard InChI is InChI=1S/C17H17N5O/c1-23-15-10-6-5-9-14(15)20-16-12-19-22-17(21-16)18-11-13-7-3-2-4-8-13/h2-10,12H,11H2,1H3,(H2,18,20,21,22). The third-order valence-corrected chi connectivity index (χ3v) is 3.22. The molecule has 0 saturated carbocycles. The van der Waals surface area contributed by atoms with Crippen molar-refractivity contribution in [2.45, 2.75) is 6.54 Å². The van der Waals surface area contributed by atoms with Gasteiger partial charge < -0.3 is 15.4 Å². The van der Waals surface area contributed by atoms with Crippen LogP contribution in [0.2, 0.25) is 0 Å². The number of aromatic nitrogens is 3. The maximum Gasteiger partial charge on any atom is 0.244 e. The summed E-state index contributed by atoms with van der Waals surface area (Å²) in [6.45, 7) is 0.640. The smallest absolute Gasteiger partial charge is 0.244 e. The molecule has 0 aliphatic carbocycles. The van der Waals surface area contributed by atoms with Gasteiger partial charge in [-0.2, -0.15) is 10.1 Å². The Kier molecular flexibility index (Phi) is 4.63. The molecule has 6 nitrogen and oxygen atoms in total. The van der Waals surface area contributed by atoms with Gasteiger partial charge in [0.2, 0.25) is 5.95 Å². The lowest BCUT2D eigenvalue weighted by atomic mass is 10.2. The van der Waals surface area contributed by atoms with Crippen molar-refractivity contribution in [3.63, 3.8) is 0 Å². The fourth-order valence-electron chi connectivity index (χ4n) is 2.10. The Morgan fingerprint density at radius 3 is 2.61 bits per heavy atom. The van der Waals surface area contributed by atoms with Crippen LogP contribution in [0.4, 0.5) is 17.5 Å². The molecule has 2 N–H and O–H groups in total. The number of para-hydroxylation sites is 2. The second-order valence-electron chi connectivity index (χ2n) is 4.83. The first-order valence-corrected chi connectivity index (χ1v) is 7.23. The number of benzene rings is 2. The third-order valence-electron chi connectivity index (χ3n) is 3.22. The van der Waals surface area contributed by atoms with Gasteiger partial charge in [-0.3, -0.25) is 0 Å². The Morgan fingerprint density at radius 2 is 1.78 bits per heavy atom. The van der Waals surface area contributed by atoms with Crippen LogP contribution in [0.25, 0.3) is 0 Å². The first kappa shape index (κ1) is 14.8. The molecular formula is C17H17N5O. The SMILES string of the molecule is COc1ccccc1Nc1cnnc(NCc2ccccc2)n1. The first-order valence-electron chi connectivity index (χ1n) is 7.23. The molecule has 0 amide bonds. The molecule has 2 aromatic carbocycles. The van der Waals surface area contributed by atoms with E-state index in [9.17, 15) is 0 Å².